The largest absolute Gasteiger partial charge is 0.497 e. The third kappa shape index (κ3) is 6.80. The van der Waals surface area contributed by atoms with Gasteiger partial charge in [-0.05, 0) is 18.6 Å². The van der Waals surface area contributed by atoms with E-state index in [1.54, 1.807) is 19.1 Å². The lowest BCUT2D eigenvalue weighted by molar-refractivity contribution is 0.0110. The Kier molecular flexibility index (Phi) is 9.20. The molecule has 0 aromatic heterocycles. The van der Waals surface area contributed by atoms with E-state index in [0.29, 0.717) is 36.5 Å². The van der Waals surface area contributed by atoms with Crippen molar-refractivity contribution >= 4 is 5.97 Å². The van der Waals surface area contributed by atoms with E-state index in [1.165, 1.54) is 21.3 Å². The van der Waals surface area contributed by atoms with Gasteiger partial charge in [0.15, 0.2) is 0 Å². The van der Waals surface area contributed by atoms with Crippen LogP contribution >= 0.6 is 0 Å². The predicted molar refractivity (Wildman–Crippen MR) is 114 cm³/mol. The molecular weight excluding hydrogens is 384 g/mol. The molecule has 0 saturated carbocycles. The lowest BCUT2D eigenvalue weighted by atomic mass is 10.0. The molecule has 2 aromatic rings. The first-order valence-corrected chi connectivity index (χ1v) is 9.65. The van der Waals surface area contributed by atoms with Gasteiger partial charge in [0.05, 0.1) is 40.1 Å². The number of hydrogen-bond donors (Lipinski definition) is 1. The highest BCUT2D eigenvalue weighted by atomic mass is 16.5. The van der Waals surface area contributed by atoms with E-state index in [1.807, 2.05) is 30.3 Å². The summed E-state index contributed by atoms with van der Waals surface area (Å²) in [5.41, 5.74) is 1.73. The minimum atomic E-state index is -0.542. The van der Waals surface area contributed by atoms with Crippen molar-refractivity contribution in [1.82, 2.24) is 0 Å². The summed E-state index contributed by atoms with van der Waals surface area (Å²) in [4.78, 5) is 12.2. The number of methoxy groups -OCH3 is 3. The van der Waals surface area contributed by atoms with Crippen molar-refractivity contribution in [2.45, 2.75) is 38.6 Å². The van der Waals surface area contributed by atoms with E-state index in [2.05, 4.69) is 11.8 Å². The summed E-state index contributed by atoms with van der Waals surface area (Å²) in [6.45, 7) is 2.15. The zero-order valence-electron chi connectivity index (χ0n) is 17.8. The summed E-state index contributed by atoms with van der Waals surface area (Å²) >= 11 is 0. The molecule has 30 heavy (non-hydrogen) atoms. The molecule has 0 fully saturated rings. The second-order valence-corrected chi connectivity index (χ2v) is 6.75. The van der Waals surface area contributed by atoms with E-state index in [4.69, 9.17) is 18.9 Å². The fourth-order valence-electron chi connectivity index (χ4n) is 2.92. The van der Waals surface area contributed by atoms with Gasteiger partial charge in [-0.25, -0.2) is 4.79 Å². The molecule has 2 rings (SSSR count). The summed E-state index contributed by atoms with van der Waals surface area (Å²) in [5.74, 6) is 6.37. The van der Waals surface area contributed by atoms with Gasteiger partial charge in [-0.3, -0.25) is 0 Å². The van der Waals surface area contributed by atoms with Crippen LogP contribution in [0.25, 0.3) is 0 Å². The summed E-state index contributed by atoms with van der Waals surface area (Å²) in [5, 5.41) is 9.80. The van der Waals surface area contributed by atoms with Gasteiger partial charge < -0.3 is 24.1 Å². The fourth-order valence-corrected chi connectivity index (χ4v) is 2.92. The smallest absolute Gasteiger partial charge is 0.342 e. The van der Waals surface area contributed by atoms with Crippen LogP contribution in [0.15, 0.2) is 42.5 Å². The predicted octanol–water partition coefficient (Wildman–Crippen LogP) is 3.59. The molecule has 2 atom stereocenters. The number of hydrogen-bond acceptors (Lipinski definition) is 6. The molecule has 0 amide bonds. The second kappa shape index (κ2) is 11.9. The maximum Gasteiger partial charge on any atom is 0.342 e. The van der Waals surface area contributed by atoms with Crippen LogP contribution in [-0.4, -0.2) is 44.6 Å². The van der Waals surface area contributed by atoms with Gasteiger partial charge >= 0.3 is 5.97 Å². The van der Waals surface area contributed by atoms with Crippen molar-refractivity contribution in [3.05, 3.63) is 59.2 Å². The van der Waals surface area contributed by atoms with Gasteiger partial charge in [-0.2, -0.15) is 0 Å². The SMILES string of the molecule is COC(=O)c1c(C#CC[C@@H](C[C@H](C)O)OCc2ccccc2)cc(OC)cc1OC. The van der Waals surface area contributed by atoms with Crippen molar-refractivity contribution in [2.24, 2.45) is 0 Å². The first-order chi connectivity index (χ1) is 14.5. The first kappa shape index (κ1) is 23.3. The molecule has 6 heteroatoms. The Morgan fingerprint density at radius 2 is 1.83 bits per heavy atom. The molecule has 0 bridgehead atoms. The zero-order valence-corrected chi connectivity index (χ0v) is 17.8. The molecule has 0 spiro atoms. The monoisotopic (exact) mass is 412 g/mol. The maximum atomic E-state index is 12.2. The molecule has 0 aliphatic heterocycles. The lowest BCUT2D eigenvalue weighted by Gasteiger charge is -2.17. The number of aliphatic hydroxyl groups is 1. The summed E-state index contributed by atoms with van der Waals surface area (Å²) in [6, 6.07) is 13.1. The molecule has 0 aliphatic rings. The number of rotatable bonds is 9. The molecule has 0 radical (unpaired) electrons. The standard InChI is InChI=1S/C24H28O6/c1-17(25)13-20(30-16-18-9-6-5-7-10-18)12-8-11-19-14-21(27-2)15-22(28-3)23(19)24(26)29-4/h5-7,9-10,14-15,17,20,25H,12-13,16H2,1-4H3/t17-,20-/m0/s1. The van der Waals surface area contributed by atoms with Gasteiger partial charge in [0, 0.05) is 24.5 Å². The Hall–Kier alpha value is -3.01. The average Bonchev–Trinajstić information content (AvgIpc) is 2.76. The van der Waals surface area contributed by atoms with Gasteiger partial charge in [0.25, 0.3) is 0 Å². The first-order valence-electron chi connectivity index (χ1n) is 9.65. The van der Waals surface area contributed by atoms with Crippen LogP contribution < -0.4 is 9.47 Å². The summed E-state index contributed by atoms with van der Waals surface area (Å²) in [6.07, 6.45) is 0.0620. The van der Waals surface area contributed by atoms with E-state index < -0.39 is 12.1 Å². The van der Waals surface area contributed by atoms with Gasteiger partial charge in [0.2, 0.25) is 0 Å². The van der Waals surface area contributed by atoms with Gasteiger partial charge in [0.1, 0.15) is 17.1 Å². The van der Waals surface area contributed by atoms with Crippen LogP contribution in [0.3, 0.4) is 0 Å². The number of esters is 1. The number of carbonyl (C=O) groups is 1. The number of benzene rings is 2. The average molecular weight is 412 g/mol. The third-order valence-electron chi connectivity index (χ3n) is 4.41. The van der Waals surface area contributed by atoms with Crippen LogP contribution in [-0.2, 0) is 16.1 Å². The number of carbonyl (C=O) groups excluding carboxylic acids is 1. The molecule has 160 valence electrons. The molecule has 1 N–H and O–H groups in total. The van der Waals surface area contributed by atoms with Gasteiger partial charge in [-0.15, -0.1) is 0 Å². The minimum Gasteiger partial charge on any atom is -0.497 e. The van der Waals surface area contributed by atoms with Crippen LogP contribution in [0.2, 0.25) is 0 Å². The Morgan fingerprint density at radius 3 is 2.43 bits per heavy atom. The number of aliphatic hydroxyl groups excluding tert-OH is 1. The van der Waals surface area contributed by atoms with Gasteiger partial charge in [-0.1, -0.05) is 42.2 Å². The Balaban J connectivity index is 2.23. The van der Waals surface area contributed by atoms with Crippen LogP contribution in [0.1, 0.15) is 41.3 Å². The lowest BCUT2D eigenvalue weighted by Crippen LogP contribution is -2.18. The van der Waals surface area contributed by atoms with Crippen molar-refractivity contribution in [3.63, 3.8) is 0 Å². The topological polar surface area (TPSA) is 74.2 Å². The fraction of sp³-hybridized carbons (Fsp3) is 0.375. The quantitative estimate of drug-likeness (QED) is 0.501. The molecule has 2 aromatic carbocycles. The Labute approximate surface area is 177 Å². The second-order valence-electron chi connectivity index (χ2n) is 6.75. The van der Waals surface area contributed by atoms with Crippen molar-refractivity contribution in [1.29, 1.82) is 0 Å². The molecule has 0 unspecified atom stereocenters. The normalized spacial score (nSPS) is 12.3. The molecule has 0 aliphatic carbocycles. The van der Waals surface area contributed by atoms with Crippen LogP contribution in [0, 0.1) is 11.8 Å². The van der Waals surface area contributed by atoms with E-state index in [9.17, 15) is 9.90 Å². The zero-order chi connectivity index (χ0) is 21.9. The Bertz CT molecular complexity index is 880. The van der Waals surface area contributed by atoms with Crippen molar-refractivity contribution in [3.8, 4) is 23.3 Å². The molecule has 0 saturated heterocycles. The summed E-state index contributed by atoms with van der Waals surface area (Å²) < 4.78 is 21.4. The van der Waals surface area contributed by atoms with Crippen LogP contribution in [0.5, 0.6) is 11.5 Å². The van der Waals surface area contributed by atoms with E-state index in [0.717, 1.165) is 5.56 Å². The highest BCUT2D eigenvalue weighted by Gasteiger charge is 2.19. The number of ether oxygens (including phenoxy) is 4. The molecule has 0 heterocycles. The highest BCUT2D eigenvalue weighted by Crippen LogP contribution is 2.29. The van der Waals surface area contributed by atoms with E-state index >= 15 is 0 Å². The molecular formula is C24H28O6. The Morgan fingerprint density at radius 1 is 1.10 bits per heavy atom. The highest BCUT2D eigenvalue weighted by molar-refractivity contribution is 5.95. The third-order valence-corrected chi connectivity index (χ3v) is 4.41. The van der Waals surface area contributed by atoms with Crippen LogP contribution in [0.4, 0.5) is 0 Å². The van der Waals surface area contributed by atoms with Crippen molar-refractivity contribution in [2.75, 3.05) is 21.3 Å². The minimum absolute atomic E-state index is 0.241. The van der Waals surface area contributed by atoms with Crippen molar-refractivity contribution < 1.29 is 28.8 Å². The van der Waals surface area contributed by atoms with E-state index in [-0.39, 0.29) is 11.7 Å². The maximum absolute atomic E-state index is 12.2. The molecule has 6 nitrogen and oxygen atoms in total. The summed E-state index contributed by atoms with van der Waals surface area (Å²) in [7, 11) is 4.30.